The highest BCUT2D eigenvalue weighted by Crippen LogP contribution is 2.28. The maximum absolute atomic E-state index is 13.1. The van der Waals surface area contributed by atoms with E-state index in [1.165, 1.54) is 5.56 Å². The Kier molecular flexibility index (Phi) is 5.09. The van der Waals surface area contributed by atoms with Crippen LogP contribution in [0.25, 0.3) is 11.1 Å². The summed E-state index contributed by atoms with van der Waals surface area (Å²) in [5.74, 6) is 1.09. The first-order valence-electron chi connectivity index (χ1n) is 10.0. The van der Waals surface area contributed by atoms with E-state index < -0.39 is 0 Å². The molecule has 1 fully saturated rings. The molecule has 0 saturated carbocycles. The van der Waals surface area contributed by atoms with Crippen LogP contribution in [-0.2, 0) is 13.5 Å². The first-order valence-corrected chi connectivity index (χ1v) is 10.0. The zero-order chi connectivity index (χ0) is 20.5. The minimum absolute atomic E-state index is 0.101. The normalized spacial score (nSPS) is 16.4. The lowest BCUT2D eigenvalue weighted by atomic mass is 10.00. The summed E-state index contributed by atoms with van der Waals surface area (Å²) in [5, 5.41) is 4.50. The standard InChI is InChI=1S/C23H27N5O/c1-15-22(16(2)27(3)26-15)19-5-4-6-20(12-19)23(29)28-10-9-18(14-28)11-17-7-8-21(24)25-13-17/h4-8,12-13,18H,9-11,14H2,1-3H3,(H2,24,25). The molecular formula is C23H27N5O. The number of pyridine rings is 1. The van der Waals surface area contributed by atoms with Crippen LogP contribution in [0.4, 0.5) is 5.82 Å². The molecule has 4 rings (SSSR count). The van der Waals surface area contributed by atoms with Crippen LogP contribution < -0.4 is 5.73 Å². The van der Waals surface area contributed by atoms with E-state index in [2.05, 4.69) is 23.1 Å². The Labute approximate surface area is 171 Å². The van der Waals surface area contributed by atoms with Crippen molar-refractivity contribution in [1.82, 2.24) is 19.7 Å². The zero-order valence-corrected chi connectivity index (χ0v) is 17.2. The lowest BCUT2D eigenvalue weighted by Crippen LogP contribution is -2.29. The van der Waals surface area contributed by atoms with E-state index in [4.69, 9.17) is 5.73 Å². The van der Waals surface area contributed by atoms with Crippen LogP contribution in [0.2, 0.25) is 0 Å². The Morgan fingerprint density at radius 2 is 2.07 bits per heavy atom. The molecule has 2 aromatic heterocycles. The maximum Gasteiger partial charge on any atom is 0.253 e. The molecule has 1 atom stereocenters. The fourth-order valence-corrected chi connectivity index (χ4v) is 4.26. The minimum atomic E-state index is 0.101. The van der Waals surface area contributed by atoms with Crippen molar-refractivity contribution in [3.05, 3.63) is 65.1 Å². The zero-order valence-electron chi connectivity index (χ0n) is 17.2. The van der Waals surface area contributed by atoms with Gasteiger partial charge in [0.2, 0.25) is 0 Å². The Morgan fingerprint density at radius 1 is 1.24 bits per heavy atom. The van der Waals surface area contributed by atoms with Gasteiger partial charge in [0.05, 0.1) is 5.69 Å². The third-order valence-electron chi connectivity index (χ3n) is 5.85. The molecule has 1 aliphatic heterocycles. The van der Waals surface area contributed by atoms with Gasteiger partial charge in [-0.15, -0.1) is 0 Å². The summed E-state index contributed by atoms with van der Waals surface area (Å²) in [6.07, 6.45) is 3.77. The van der Waals surface area contributed by atoms with Crippen molar-refractivity contribution >= 4 is 11.7 Å². The molecule has 0 radical (unpaired) electrons. The molecule has 2 N–H and O–H groups in total. The highest BCUT2D eigenvalue weighted by molar-refractivity contribution is 5.95. The number of anilines is 1. The number of rotatable bonds is 4. The minimum Gasteiger partial charge on any atom is -0.384 e. The van der Waals surface area contributed by atoms with E-state index in [0.717, 1.165) is 54.0 Å². The van der Waals surface area contributed by atoms with Crippen molar-refractivity contribution in [3.8, 4) is 11.1 Å². The van der Waals surface area contributed by atoms with Crippen molar-refractivity contribution in [2.75, 3.05) is 18.8 Å². The fourth-order valence-electron chi connectivity index (χ4n) is 4.26. The van der Waals surface area contributed by atoms with E-state index in [0.29, 0.717) is 11.7 Å². The number of hydrogen-bond acceptors (Lipinski definition) is 4. The second kappa shape index (κ2) is 7.70. The van der Waals surface area contributed by atoms with Gasteiger partial charge in [-0.3, -0.25) is 9.48 Å². The summed E-state index contributed by atoms with van der Waals surface area (Å²) in [5.41, 5.74) is 11.8. The largest absolute Gasteiger partial charge is 0.384 e. The molecule has 1 amide bonds. The second-order valence-electron chi connectivity index (χ2n) is 7.95. The Balaban J connectivity index is 1.48. The third-order valence-corrected chi connectivity index (χ3v) is 5.85. The number of nitrogen functional groups attached to an aromatic ring is 1. The number of hydrogen-bond donors (Lipinski definition) is 1. The predicted molar refractivity (Wildman–Crippen MR) is 114 cm³/mol. The van der Waals surface area contributed by atoms with Gasteiger partial charge in [0, 0.05) is 43.2 Å². The molecule has 6 heteroatoms. The number of carbonyl (C=O) groups is 1. The van der Waals surface area contributed by atoms with E-state index in [-0.39, 0.29) is 5.91 Å². The van der Waals surface area contributed by atoms with Crippen molar-refractivity contribution in [3.63, 3.8) is 0 Å². The van der Waals surface area contributed by atoms with Crippen molar-refractivity contribution in [2.45, 2.75) is 26.7 Å². The van der Waals surface area contributed by atoms with Crippen LogP contribution in [0.1, 0.15) is 33.7 Å². The number of aromatic nitrogens is 3. The highest BCUT2D eigenvalue weighted by atomic mass is 16.2. The topological polar surface area (TPSA) is 77.0 Å². The SMILES string of the molecule is Cc1nn(C)c(C)c1-c1cccc(C(=O)N2CCC(Cc3ccc(N)nc3)C2)c1. The van der Waals surface area contributed by atoms with Gasteiger partial charge in [-0.05, 0) is 61.9 Å². The number of nitrogens with zero attached hydrogens (tertiary/aromatic N) is 4. The van der Waals surface area contributed by atoms with Gasteiger partial charge in [0.1, 0.15) is 5.82 Å². The lowest BCUT2D eigenvalue weighted by Gasteiger charge is -2.17. The number of nitrogens with two attached hydrogens (primary N) is 1. The van der Waals surface area contributed by atoms with Gasteiger partial charge in [0.15, 0.2) is 0 Å². The molecule has 150 valence electrons. The Hall–Kier alpha value is -3.15. The maximum atomic E-state index is 13.1. The predicted octanol–water partition coefficient (Wildman–Crippen LogP) is 3.39. The van der Waals surface area contributed by atoms with E-state index in [1.807, 2.05) is 60.1 Å². The smallest absolute Gasteiger partial charge is 0.253 e. The number of amides is 1. The van der Waals surface area contributed by atoms with Crippen LogP contribution in [0.5, 0.6) is 0 Å². The Morgan fingerprint density at radius 3 is 2.76 bits per heavy atom. The van der Waals surface area contributed by atoms with Crippen LogP contribution in [0.3, 0.4) is 0 Å². The monoisotopic (exact) mass is 389 g/mol. The van der Waals surface area contributed by atoms with E-state index in [1.54, 1.807) is 0 Å². The number of benzene rings is 1. The first kappa shape index (κ1) is 19.2. The summed E-state index contributed by atoms with van der Waals surface area (Å²) in [6.45, 7) is 5.63. The number of carbonyl (C=O) groups excluding carboxylic acids is 1. The van der Waals surface area contributed by atoms with Gasteiger partial charge in [-0.2, -0.15) is 5.10 Å². The highest BCUT2D eigenvalue weighted by Gasteiger charge is 2.27. The summed E-state index contributed by atoms with van der Waals surface area (Å²) in [7, 11) is 1.95. The van der Waals surface area contributed by atoms with Crippen molar-refractivity contribution in [2.24, 2.45) is 13.0 Å². The van der Waals surface area contributed by atoms with Gasteiger partial charge >= 0.3 is 0 Å². The molecule has 1 unspecified atom stereocenters. The van der Waals surface area contributed by atoms with Crippen molar-refractivity contribution in [1.29, 1.82) is 0 Å². The molecular weight excluding hydrogens is 362 g/mol. The van der Waals surface area contributed by atoms with Gasteiger partial charge in [-0.25, -0.2) is 4.98 Å². The van der Waals surface area contributed by atoms with Crippen LogP contribution in [0.15, 0.2) is 42.6 Å². The third kappa shape index (κ3) is 3.88. The fraction of sp³-hybridized carbons (Fsp3) is 0.348. The van der Waals surface area contributed by atoms with Gasteiger partial charge in [0.25, 0.3) is 5.91 Å². The van der Waals surface area contributed by atoms with Crippen molar-refractivity contribution < 1.29 is 4.79 Å². The molecule has 0 spiro atoms. The summed E-state index contributed by atoms with van der Waals surface area (Å²) in [4.78, 5) is 19.3. The molecule has 29 heavy (non-hydrogen) atoms. The molecule has 1 saturated heterocycles. The van der Waals surface area contributed by atoms with Crippen LogP contribution in [-0.4, -0.2) is 38.7 Å². The van der Waals surface area contributed by atoms with Gasteiger partial charge < -0.3 is 10.6 Å². The summed E-state index contributed by atoms with van der Waals surface area (Å²) < 4.78 is 1.89. The molecule has 3 aromatic rings. The van der Waals surface area contributed by atoms with Gasteiger partial charge in [-0.1, -0.05) is 18.2 Å². The van der Waals surface area contributed by atoms with Crippen LogP contribution >= 0.6 is 0 Å². The first-order chi connectivity index (χ1) is 13.9. The quantitative estimate of drug-likeness (QED) is 0.742. The molecule has 1 aromatic carbocycles. The number of aryl methyl sites for hydroxylation is 2. The molecule has 6 nitrogen and oxygen atoms in total. The molecule has 3 heterocycles. The summed E-state index contributed by atoms with van der Waals surface area (Å²) >= 11 is 0. The lowest BCUT2D eigenvalue weighted by molar-refractivity contribution is 0.0787. The second-order valence-corrected chi connectivity index (χ2v) is 7.95. The van der Waals surface area contributed by atoms with Crippen LogP contribution in [0, 0.1) is 19.8 Å². The average molecular weight is 390 g/mol. The van der Waals surface area contributed by atoms with E-state index >= 15 is 0 Å². The Bertz CT molecular complexity index is 1040. The van der Waals surface area contributed by atoms with E-state index in [9.17, 15) is 4.79 Å². The molecule has 0 bridgehead atoms. The average Bonchev–Trinajstić information content (AvgIpc) is 3.27. The molecule has 0 aliphatic carbocycles. The molecule has 1 aliphatic rings. The summed E-state index contributed by atoms with van der Waals surface area (Å²) in [6, 6.07) is 11.8. The number of likely N-dealkylation sites (tertiary alicyclic amines) is 1.